The van der Waals surface area contributed by atoms with Gasteiger partial charge in [-0.15, -0.1) is 10.2 Å². The van der Waals surface area contributed by atoms with Crippen molar-refractivity contribution in [1.82, 2.24) is 25.2 Å². The summed E-state index contributed by atoms with van der Waals surface area (Å²) in [7, 11) is -3.42. The normalized spacial score (nSPS) is 16.1. The van der Waals surface area contributed by atoms with Gasteiger partial charge >= 0.3 is 19.4 Å². The van der Waals surface area contributed by atoms with Gasteiger partial charge in [0.1, 0.15) is 18.1 Å². The minimum atomic E-state index is -5.04. The molecule has 13 nitrogen and oxygen atoms in total. The summed E-state index contributed by atoms with van der Waals surface area (Å²) in [5, 5.41) is 11.6. The van der Waals surface area contributed by atoms with Crippen LogP contribution in [-0.2, 0) is 21.1 Å². The van der Waals surface area contributed by atoms with Crippen LogP contribution in [0.25, 0.3) is 22.6 Å². The van der Waals surface area contributed by atoms with E-state index in [0.717, 1.165) is 11.0 Å². The first-order valence-corrected chi connectivity index (χ1v) is 10.9. The van der Waals surface area contributed by atoms with Crippen LogP contribution in [0.15, 0.2) is 36.5 Å². The Morgan fingerprint density at radius 3 is 2.73 bits per heavy atom. The number of carbonyl (C=O) groups excluding carboxylic acids is 2. The highest BCUT2D eigenvalue weighted by Crippen LogP contribution is 2.37. The number of aromatic nitrogens is 5. The van der Waals surface area contributed by atoms with E-state index in [1.165, 1.54) is 23.1 Å². The summed E-state index contributed by atoms with van der Waals surface area (Å²) in [6.07, 6.45) is -0.330. The van der Waals surface area contributed by atoms with Crippen molar-refractivity contribution in [1.29, 1.82) is 0 Å². The number of aryl methyl sites for hydroxylation is 1. The molecule has 1 aromatic carbocycles. The van der Waals surface area contributed by atoms with Crippen LogP contribution in [0.5, 0.6) is 0 Å². The fourth-order valence-corrected chi connectivity index (χ4v) is 3.29. The Kier molecular flexibility index (Phi) is 5.89. The van der Waals surface area contributed by atoms with Gasteiger partial charge in [0, 0.05) is 17.3 Å². The molecule has 1 fully saturated rings. The third-order valence-electron chi connectivity index (χ3n) is 4.58. The smallest absolute Gasteiger partial charge is 0.433 e. The average Bonchev–Trinajstić information content (AvgIpc) is 3.37. The van der Waals surface area contributed by atoms with E-state index in [1.807, 2.05) is 0 Å². The monoisotopic (exact) mass is 478 g/mol. The van der Waals surface area contributed by atoms with E-state index in [2.05, 4.69) is 25.1 Å². The van der Waals surface area contributed by atoms with Gasteiger partial charge in [-0.3, -0.25) is 9.88 Å². The molecule has 1 aliphatic rings. The molecule has 172 valence electrons. The fraction of sp³-hybridized carbons (Fsp3) is 0.222. The molecule has 3 heterocycles. The van der Waals surface area contributed by atoms with E-state index < -0.39 is 37.9 Å². The zero-order chi connectivity index (χ0) is 23.8. The molecular weight excluding hydrogens is 462 g/mol. The second-order valence-electron chi connectivity index (χ2n) is 6.94. The molecule has 0 saturated carbocycles. The number of nitrogens with zero attached hydrogens (tertiary/aromatic N) is 6. The topological polar surface area (TPSA) is 170 Å². The Morgan fingerprint density at radius 1 is 1.33 bits per heavy atom. The van der Waals surface area contributed by atoms with Crippen molar-refractivity contribution in [2.45, 2.75) is 6.10 Å². The molecule has 0 spiro atoms. The SMILES string of the molecule is Cn1nnc(-c2ccc(-c3ccc(N4C[C@H](COC(=O)P(=O)(O)O)OC4=O)cc3F)cn2)n1. The molecule has 0 aliphatic carbocycles. The molecule has 0 unspecified atom stereocenters. The van der Waals surface area contributed by atoms with Gasteiger partial charge in [0.2, 0.25) is 5.82 Å². The first-order valence-electron chi connectivity index (χ1n) is 9.33. The number of anilines is 1. The molecule has 0 radical (unpaired) electrons. The summed E-state index contributed by atoms with van der Waals surface area (Å²) in [6.45, 7) is -0.654. The van der Waals surface area contributed by atoms with Crippen LogP contribution in [0.4, 0.5) is 19.7 Å². The Bertz CT molecular complexity index is 1260. The van der Waals surface area contributed by atoms with Gasteiger partial charge in [-0.1, -0.05) is 6.07 Å². The third-order valence-corrected chi connectivity index (χ3v) is 5.19. The van der Waals surface area contributed by atoms with Crippen LogP contribution in [0.3, 0.4) is 0 Å². The zero-order valence-corrected chi connectivity index (χ0v) is 17.8. The van der Waals surface area contributed by atoms with Gasteiger partial charge in [0.15, 0.2) is 6.10 Å². The van der Waals surface area contributed by atoms with Gasteiger partial charge < -0.3 is 19.3 Å². The van der Waals surface area contributed by atoms with Crippen molar-refractivity contribution in [2.24, 2.45) is 7.05 Å². The van der Waals surface area contributed by atoms with Crippen LogP contribution in [-0.4, -0.2) is 66.0 Å². The number of benzene rings is 1. The first kappa shape index (κ1) is 22.5. The number of carbonyl (C=O) groups is 2. The van der Waals surface area contributed by atoms with E-state index in [-0.39, 0.29) is 17.8 Å². The minimum Gasteiger partial charge on any atom is -0.453 e. The van der Waals surface area contributed by atoms with E-state index in [1.54, 1.807) is 19.2 Å². The maximum absolute atomic E-state index is 14.8. The Morgan fingerprint density at radius 2 is 2.12 bits per heavy atom. The number of halogens is 1. The molecule has 4 rings (SSSR count). The summed E-state index contributed by atoms with van der Waals surface area (Å²) >= 11 is 0. The lowest BCUT2D eigenvalue weighted by Crippen LogP contribution is -2.26. The van der Waals surface area contributed by atoms with Crippen LogP contribution in [0, 0.1) is 5.82 Å². The van der Waals surface area contributed by atoms with E-state index >= 15 is 0 Å². The molecule has 1 atom stereocenters. The highest BCUT2D eigenvalue weighted by Gasteiger charge is 2.35. The second kappa shape index (κ2) is 8.65. The van der Waals surface area contributed by atoms with Crippen LogP contribution < -0.4 is 4.90 Å². The van der Waals surface area contributed by atoms with Gasteiger partial charge in [-0.05, 0) is 29.5 Å². The van der Waals surface area contributed by atoms with Crippen LogP contribution >= 0.6 is 7.60 Å². The number of cyclic esters (lactones) is 1. The molecule has 1 saturated heterocycles. The number of hydrogen-bond acceptors (Lipinski definition) is 9. The number of tetrazole rings is 1. The lowest BCUT2D eigenvalue weighted by molar-refractivity contribution is 0.0817. The van der Waals surface area contributed by atoms with Crippen molar-refractivity contribution in [3.8, 4) is 22.6 Å². The number of hydrogen-bond donors (Lipinski definition) is 2. The Labute approximate surface area is 184 Å². The van der Waals surface area contributed by atoms with Crippen molar-refractivity contribution in [3.63, 3.8) is 0 Å². The van der Waals surface area contributed by atoms with Crippen LogP contribution in [0.1, 0.15) is 0 Å². The molecule has 2 aromatic heterocycles. The lowest BCUT2D eigenvalue weighted by Gasteiger charge is -2.14. The van der Waals surface area contributed by atoms with Crippen molar-refractivity contribution in [3.05, 3.63) is 42.3 Å². The largest absolute Gasteiger partial charge is 0.453 e. The number of rotatable bonds is 6. The summed E-state index contributed by atoms with van der Waals surface area (Å²) in [6, 6.07) is 7.38. The summed E-state index contributed by atoms with van der Waals surface area (Å²) in [4.78, 5) is 47.4. The van der Waals surface area contributed by atoms with Gasteiger partial charge in [0.05, 0.1) is 19.3 Å². The first-order chi connectivity index (χ1) is 15.6. The minimum absolute atomic E-state index is 0.104. The van der Waals surface area contributed by atoms with Gasteiger partial charge in [-0.2, -0.15) is 4.80 Å². The zero-order valence-electron chi connectivity index (χ0n) is 16.9. The van der Waals surface area contributed by atoms with Crippen LogP contribution in [0.2, 0.25) is 0 Å². The molecule has 0 bridgehead atoms. The summed E-state index contributed by atoms with van der Waals surface area (Å²) in [5.41, 5.74) is -0.336. The predicted molar refractivity (Wildman–Crippen MR) is 108 cm³/mol. The summed E-state index contributed by atoms with van der Waals surface area (Å²) in [5.74, 6) is -0.294. The number of pyridine rings is 1. The highest BCUT2D eigenvalue weighted by molar-refractivity contribution is 7.69. The number of amides is 1. The van der Waals surface area contributed by atoms with Gasteiger partial charge in [0.25, 0.3) is 0 Å². The van der Waals surface area contributed by atoms with E-state index in [9.17, 15) is 18.5 Å². The van der Waals surface area contributed by atoms with Crippen molar-refractivity contribution in [2.75, 3.05) is 18.1 Å². The number of ether oxygens (including phenoxy) is 2. The lowest BCUT2D eigenvalue weighted by atomic mass is 10.1. The molecule has 1 amide bonds. The maximum Gasteiger partial charge on any atom is 0.433 e. The average molecular weight is 478 g/mol. The molecule has 33 heavy (non-hydrogen) atoms. The molecular formula is C18H16FN6O7P. The van der Waals surface area contributed by atoms with E-state index in [4.69, 9.17) is 14.5 Å². The van der Waals surface area contributed by atoms with Gasteiger partial charge in [-0.25, -0.2) is 18.5 Å². The Hall–Kier alpha value is -3.74. The third kappa shape index (κ3) is 4.87. The Balaban J connectivity index is 1.46. The highest BCUT2D eigenvalue weighted by atomic mass is 31.2. The summed E-state index contributed by atoms with van der Waals surface area (Å²) < 4.78 is 35.1. The quantitative estimate of drug-likeness (QED) is 0.495. The van der Waals surface area contributed by atoms with E-state index in [0.29, 0.717) is 17.1 Å². The second-order valence-corrected chi connectivity index (χ2v) is 8.39. The van der Waals surface area contributed by atoms with Crippen molar-refractivity contribution >= 4 is 25.1 Å². The molecule has 3 aromatic rings. The maximum atomic E-state index is 14.8. The van der Waals surface area contributed by atoms with Crippen molar-refractivity contribution < 1.29 is 37.8 Å². The molecule has 15 heteroatoms. The predicted octanol–water partition coefficient (Wildman–Crippen LogP) is 1.72. The fourth-order valence-electron chi connectivity index (χ4n) is 3.05. The molecule has 1 aliphatic heterocycles. The standard InChI is InChI=1S/C18H16FN6O7P/c1-24-22-16(21-23-24)15-5-2-10(7-20-15)13-4-3-11(6-14(13)19)25-8-12(32-17(25)26)9-31-18(27)33(28,29)30/h2-7,12H,8-9H2,1H3,(H2,28,29,30)/t12-/m1/s1. The molecule has 2 N–H and O–H groups in total.